The zero-order valence-corrected chi connectivity index (χ0v) is 12.3. The number of nitrogens with one attached hydrogen (secondary N) is 1. The van der Waals surface area contributed by atoms with Gasteiger partial charge in [0.05, 0.1) is 24.4 Å². The average molecular weight is 266 g/mol. The van der Waals surface area contributed by atoms with Crippen LogP contribution >= 0.6 is 0 Å². The molecule has 1 aliphatic heterocycles. The number of nitriles is 1. The Morgan fingerprint density at radius 2 is 1.95 bits per heavy atom. The van der Waals surface area contributed by atoms with E-state index in [4.69, 9.17) is 9.47 Å². The first-order chi connectivity index (χ1) is 9.00. The summed E-state index contributed by atoms with van der Waals surface area (Å²) in [4.78, 5) is 0. The van der Waals surface area contributed by atoms with E-state index >= 15 is 0 Å². The van der Waals surface area contributed by atoms with Crippen LogP contribution in [0.3, 0.4) is 0 Å². The second-order valence-electron chi connectivity index (χ2n) is 6.33. The lowest BCUT2D eigenvalue weighted by Gasteiger charge is -2.32. The summed E-state index contributed by atoms with van der Waals surface area (Å²) in [6, 6.07) is 2.94. The smallest absolute Gasteiger partial charge is 0.106 e. The van der Waals surface area contributed by atoms with E-state index in [0.717, 1.165) is 19.3 Å². The zero-order valence-electron chi connectivity index (χ0n) is 12.3. The molecular formula is C15H26N2O2. The minimum absolute atomic E-state index is 0.278. The summed E-state index contributed by atoms with van der Waals surface area (Å²) in [7, 11) is 0. The molecule has 0 aromatic heterocycles. The third-order valence-electron chi connectivity index (χ3n) is 3.96. The normalized spacial score (nSPS) is 34.5. The molecule has 1 aliphatic carbocycles. The van der Waals surface area contributed by atoms with E-state index in [9.17, 15) is 5.26 Å². The Hall–Kier alpha value is -0.630. The van der Waals surface area contributed by atoms with Gasteiger partial charge in [0, 0.05) is 19.1 Å². The van der Waals surface area contributed by atoms with E-state index in [1.165, 1.54) is 12.8 Å². The summed E-state index contributed by atoms with van der Waals surface area (Å²) >= 11 is 0. The predicted octanol–water partition coefficient (Wildman–Crippen LogP) is 2.38. The fourth-order valence-electron chi connectivity index (χ4n) is 2.75. The van der Waals surface area contributed by atoms with Gasteiger partial charge in [-0.3, -0.25) is 5.32 Å². The first-order valence-electron chi connectivity index (χ1n) is 7.47. The third kappa shape index (κ3) is 4.76. The maximum absolute atomic E-state index is 9.29. The van der Waals surface area contributed by atoms with Gasteiger partial charge < -0.3 is 9.47 Å². The van der Waals surface area contributed by atoms with Crippen LogP contribution in [0.15, 0.2) is 0 Å². The van der Waals surface area contributed by atoms with E-state index in [1.807, 2.05) is 6.92 Å². The number of hydrogen-bond donors (Lipinski definition) is 1. The van der Waals surface area contributed by atoms with Crippen LogP contribution in [0.4, 0.5) is 0 Å². The molecule has 19 heavy (non-hydrogen) atoms. The van der Waals surface area contributed by atoms with Gasteiger partial charge in [-0.15, -0.1) is 0 Å². The standard InChI is InChI=1S/C15H26N2O2/c1-11-8-14(9-12(2)19-11)18-7-6-15(3,10-16)17-13-4-5-13/h11-14,17H,4-9H2,1-3H3. The molecule has 108 valence electrons. The molecule has 2 rings (SSSR count). The molecule has 3 unspecified atom stereocenters. The molecule has 0 bridgehead atoms. The molecule has 1 heterocycles. The second kappa shape index (κ2) is 6.21. The molecule has 3 atom stereocenters. The summed E-state index contributed by atoms with van der Waals surface area (Å²) in [5.41, 5.74) is -0.441. The maximum Gasteiger partial charge on any atom is 0.106 e. The summed E-state index contributed by atoms with van der Waals surface area (Å²) in [6.07, 6.45) is 5.91. The minimum Gasteiger partial charge on any atom is -0.378 e. The van der Waals surface area contributed by atoms with Crippen LogP contribution in [0.1, 0.15) is 52.9 Å². The van der Waals surface area contributed by atoms with E-state index in [2.05, 4.69) is 25.2 Å². The molecule has 0 amide bonds. The van der Waals surface area contributed by atoms with Gasteiger partial charge in [-0.1, -0.05) is 0 Å². The second-order valence-corrected chi connectivity index (χ2v) is 6.33. The van der Waals surface area contributed by atoms with Gasteiger partial charge in [0.2, 0.25) is 0 Å². The van der Waals surface area contributed by atoms with Crippen molar-refractivity contribution in [2.75, 3.05) is 6.61 Å². The molecule has 1 N–H and O–H groups in total. The van der Waals surface area contributed by atoms with Crippen molar-refractivity contribution in [3.8, 4) is 6.07 Å². The van der Waals surface area contributed by atoms with Gasteiger partial charge in [-0.05, 0) is 46.5 Å². The van der Waals surface area contributed by atoms with E-state index in [1.54, 1.807) is 0 Å². The summed E-state index contributed by atoms with van der Waals surface area (Å²) in [5.74, 6) is 0. The Labute approximate surface area is 116 Å². The van der Waals surface area contributed by atoms with Gasteiger partial charge in [-0.2, -0.15) is 5.26 Å². The molecule has 0 aromatic rings. The number of ether oxygens (including phenoxy) is 2. The molecule has 0 aromatic carbocycles. The molecule has 4 nitrogen and oxygen atoms in total. The minimum atomic E-state index is -0.441. The summed E-state index contributed by atoms with van der Waals surface area (Å²) < 4.78 is 11.7. The van der Waals surface area contributed by atoms with Crippen LogP contribution in [-0.4, -0.2) is 36.5 Å². The lowest BCUT2D eigenvalue weighted by Crippen LogP contribution is -2.44. The highest BCUT2D eigenvalue weighted by molar-refractivity contribution is 5.07. The van der Waals surface area contributed by atoms with Crippen LogP contribution in [-0.2, 0) is 9.47 Å². The number of rotatable bonds is 6. The van der Waals surface area contributed by atoms with Crippen molar-refractivity contribution in [2.45, 2.75) is 82.8 Å². The van der Waals surface area contributed by atoms with E-state index < -0.39 is 5.54 Å². The van der Waals surface area contributed by atoms with Crippen molar-refractivity contribution in [3.63, 3.8) is 0 Å². The molecule has 1 saturated heterocycles. The Morgan fingerprint density at radius 1 is 1.32 bits per heavy atom. The number of hydrogen-bond acceptors (Lipinski definition) is 4. The Balaban J connectivity index is 1.71. The monoisotopic (exact) mass is 266 g/mol. The molecule has 0 radical (unpaired) electrons. The zero-order chi connectivity index (χ0) is 13.9. The highest BCUT2D eigenvalue weighted by Gasteiger charge is 2.33. The molecule has 1 saturated carbocycles. The first-order valence-corrected chi connectivity index (χ1v) is 7.47. The van der Waals surface area contributed by atoms with Crippen LogP contribution in [0.25, 0.3) is 0 Å². The van der Waals surface area contributed by atoms with E-state index in [-0.39, 0.29) is 18.3 Å². The fraction of sp³-hybridized carbons (Fsp3) is 0.933. The molecule has 2 fully saturated rings. The van der Waals surface area contributed by atoms with Gasteiger partial charge in [-0.25, -0.2) is 0 Å². The molecular weight excluding hydrogens is 240 g/mol. The van der Waals surface area contributed by atoms with Gasteiger partial charge >= 0.3 is 0 Å². The highest BCUT2D eigenvalue weighted by atomic mass is 16.5. The highest BCUT2D eigenvalue weighted by Crippen LogP contribution is 2.25. The lowest BCUT2D eigenvalue weighted by atomic mass is 9.99. The molecule has 4 heteroatoms. The molecule has 0 spiro atoms. The van der Waals surface area contributed by atoms with Crippen molar-refractivity contribution in [1.29, 1.82) is 5.26 Å². The topological polar surface area (TPSA) is 54.3 Å². The third-order valence-corrected chi connectivity index (χ3v) is 3.96. The van der Waals surface area contributed by atoms with Gasteiger partial charge in [0.1, 0.15) is 5.54 Å². The van der Waals surface area contributed by atoms with Crippen molar-refractivity contribution < 1.29 is 9.47 Å². The van der Waals surface area contributed by atoms with Crippen molar-refractivity contribution in [3.05, 3.63) is 0 Å². The largest absolute Gasteiger partial charge is 0.378 e. The van der Waals surface area contributed by atoms with Crippen LogP contribution in [0.2, 0.25) is 0 Å². The van der Waals surface area contributed by atoms with Crippen molar-refractivity contribution in [2.24, 2.45) is 0 Å². The molecule has 2 aliphatic rings. The number of nitrogens with zero attached hydrogens (tertiary/aromatic N) is 1. The van der Waals surface area contributed by atoms with Gasteiger partial charge in [0.25, 0.3) is 0 Å². The van der Waals surface area contributed by atoms with Crippen LogP contribution < -0.4 is 5.32 Å². The first kappa shape index (κ1) is 14.8. The Kier molecular flexibility index (Phi) is 4.83. The predicted molar refractivity (Wildman–Crippen MR) is 73.8 cm³/mol. The Bertz CT molecular complexity index is 328. The van der Waals surface area contributed by atoms with Crippen molar-refractivity contribution >= 4 is 0 Å². The average Bonchev–Trinajstić information content (AvgIpc) is 3.11. The van der Waals surface area contributed by atoms with Gasteiger partial charge in [0.15, 0.2) is 0 Å². The van der Waals surface area contributed by atoms with E-state index in [0.29, 0.717) is 12.6 Å². The Morgan fingerprint density at radius 3 is 2.47 bits per heavy atom. The van der Waals surface area contributed by atoms with Crippen LogP contribution in [0.5, 0.6) is 0 Å². The van der Waals surface area contributed by atoms with Crippen molar-refractivity contribution in [1.82, 2.24) is 5.32 Å². The fourth-order valence-corrected chi connectivity index (χ4v) is 2.75. The summed E-state index contributed by atoms with van der Waals surface area (Å²) in [5, 5.41) is 12.7. The quantitative estimate of drug-likeness (QED) is 0.802. The SMILES string of the molecule is CC1CC(OCCC(C)(C#N)NC2CC2)CC(C)O1. The summed E-state index contributed by atoms with van der Waals surface area (Å²) in [6.45, 7) is 6.82. The maximum atomic E-state index is 9.29. The van der Waals surface area contributed by atoms with Crippen LogP contribution in [0, 0.1) is 11.3 Å². The lowest BCUT2D eigenvalue weighted by molar-refractivity contribution is -0.103.